The molecular weight excluding hydrogens is 394 g/mol. The third-order valence-corrected chi connectivity index (χ3v) is 4.90. The smallest absolute Gasteiger partial charge is 0.387 e. The minimum absolute atomic E-state index is 0.0584. The van der Waals surface area contributed by atoms with Crippen LogP contribution in [0.2, 0.25) is 0 Å². The lowest BCUT2D eigenvalue weighted by atomic mass is 10.1. The Bertz CT molecular complexity index is 900. The Morgan fingerprint density at radius 1 is 1.13 bits per heavy atom. The number of benzene rings is 1. The molecule has 9 heteroatoms. The maximum Gasteiger partial charge on any atom is 0.387 e. The van der Waals surface area contributed by atoms with Crippen LogP contribution in [0.5, 0.6) is 11.5 Å². The Hall–Kier alpha value is -2.97. The highest BCUT2D eigenvalue weighted by atomic mass is 19.3. The number of aromatic nitrogens is 2. The van der Waals surface area contributed by atoms with E-state index < -0.39 is 6.61 Å². The number of methoxy groups -OCH3 is 1. The number of hydrogen-bond donors (Lipinski definition) is 0. The molecule has 1 amide bonds. The van der Waals surface area contributed by atoms with Crippen LogP contribution >= 0.6 is 0 Å². The van der Waals surface area contributed by atoms with Crippen molar-refractivity contribution in [2.75, 3.05) is 38.2 Å². The zero-order valence-electron chi connectivity index (χ0n) is 17.6. The molecular formula is C21H26F2N4O3. The molecule has 30 heavy (non-hydrogen) atoms. The molecule has 0 spiro atoms. The van der Waals surface area contributed by atoms with Gasteiger partial charge in [-0.3, -0.25) is 4.79 Å². The number of carbonyl (C=O) groups is 1. The van der Waals surface area contributed by atoms with Gasteiger partial charge < -0.3 is 19.3 Å². The fraction of sp³-hybridized carbons (Fsp3) is 0.476. The Balaban J connectivity index is 1.75. The Kier molecular flexibility index (Phi) is 6.69. The van der Waals surface area contributed by atoms with Crippen LogP contribution in [0.1, 0.15) is 41.6 Å². The minimum Gasteiger partial charge on any atom is -0.493 e. The molecule has 1 saturated heterocycles. The highest BCUT2D eigenvalue weighted by Crippen LogP contribution is 2.33. The summed E-state index contributed by atoms with van der Waals surface area (Å²) < 4.78 is 35.4. The highest BCUT2D eigenvalue weighted by Gasteiger charge is 2.27. The normalized spacial score (nSPS) is 14.4. The summed E-state index contributed by atoms with van der Waals surface area (Å²) in [5.74, 6) is 1.32. The van der Waals surface area contributed by atoms with E-state index in [4.69, 9.17) is 4.74 Å². The van der Waals surface area contributed by atoms with Crippen molar-refractivity contribution in [3.05, 3.63) is 41.3 Å². The van der Waals surface area contributed by atoms with Crippen LogP contribution in [0.4, 0.5) is 14.6 Å². The summed E-state index contributed by atoms with van der Waals surface area (Å²) in [6, 6.07) is 6.46. The summed E-state index contributed by atoms with van der Waals surface area (Å²) in [5, 5.41) is 0. The first kappa shape index (κ1) is 21.7. The SMILES string of the molecule is COc1cccc(C(=O)N2CCN(c3cc(C)nc(C(C)C)n3)CC2)c1OC(F)F. The number of ether oxygens (including phenoxy) is 2. The molecule has 162 valence electrons. The highest BCUT2D eigenvalue weighted by molar-refractivity contribution is 5.98. The molecule has 1 fully saturated rings. The second kappa shape index (κ2) is 9.23. The average Bonchev–Trinajstić information content (AvgIpc) is 2.72. The van der Waals surface area contributed by atoms with Crippen molar-refractivity contribution in [3.63, 3.8) is 0 Å². The van der Waals surface area contributed by atoms with Gasteiger partial charge in [-0.15, -0.1) is 0 Å². The van der Waals surface area contributed by atoms with Crippen molar-refractivity contribution in [1.29, 1.82) is 0 Å². The molecule has 0 saturated carbocycles. The lowest BCUT2D eigenvalue weighted by molar-refractivity contribution is -0.0516. The first-order valence-corrected chi connectivity index (χ1v) is 9.81. The van der Waals surface area contributed by atoms with E-state index in [1.54, 1.807) is 11.0 Å². The molecule has 1 aliphatic rings. The van der Waals surface area contributed by atoms with E-state index >= 15 is 0 Å². The average molecular weight is 420 g/mol. The van der Waals surface area contributed by atoms with Gasteiger partial charge in [0.1, 0.15) is 11.6 Å². The number of piperazine rings is 1. The molecule has 1 aromatic heterocycles. The summed E-state index contributed by atoms with van der Waals surface area (Å²) in [7, 11) is 1.34. The van der Waals surface area contributed by atoms with Gasteiger partial charge in [0, 0.05) is 43.9 Å². The third-order valence-electron chi connectivity index (χ3n) is 4.90. The van der Waals surface area contributed by atoms with Crippen molar-refractivity contribution in [3.8, 4) is 11.5 Å². The van der Waals surface area contributed by atoms with Crippen molar-refractivity contribution >= 4 is 11.7 Å². The fourth-order valence-corrected chi connectivity index (χ4v) is 3.36. The summed E-state index contributed by atoms with van der Waals surface area (Å²) in [5.41, 5.74) is 0.954. The number of carbonyl (C=O) groups excluding carboxylic acids is 1. The fourth-order valence-electron chi connectivity index (χ4n) is 3.36. The Morgan fingerprint density at radius 2 is 1.83 bits per heavy atom. The number of halogens is 2. The van der Waals surface area contributed by atoms with Gasteiger partial charge in [-0.05, 0) is 19.1 Å². The number of rotatable bonds is 6. The monoisotopic (exact) mass is 420 g/mol. The molecule has 0 atom stereocenters. The van der Waals surface area contributed by atoms with Crippen LogP contribution in [0.25, 0.3) is 0 Å². The maximum atomic E-state index is 13.0. The van der Waals surface area contributed by atoms with Crippen LogP contribution in [0.3, 0.4) is 0 Å². The van der Waals surface area contributed by atoms with Gasteiger partial charge >= 0.3 is 6.61 Å². The summed E-state index contributed by atoms with van der Waals surface area (Å²) in [6.07, 6.45) is 0. The summed E-state index contributed by atoms with van der Waals surface area (Å²) in [4.78, 5) is 25.9. The lowest BCUT2D eigenvalue weighted by Gasteiger charge is -2.36. The zero-order chi connectivity index (χ0) is 21.8. The second-order valence-electron chi connectivity index (χ2n) is 7.38. The number of nitrogens with zero attached hydrogens (tertiary/aromatic N) is 4. The first-order chi connectivity index (χ1) is 14.3. The van der Waals surface area contributed by atoms with E-state index in [0.717, 1.165) is 17.3 Å². The van der Waals surface area contributed by atoms with Crippen LogP contribution < -0.4 is 14.4 Å². The number of alkyl halides is 2. The van der Waals surface area contributed by atoms with E-state index in [9.17, 15) is 13.6 Å². The number of para-hydroxylation sites is 1. The number of hydrogen-bond acceptors (Lipinski definition) is 6. The van der Waals surface area contributed by atoms with Crippen LogP contribution in [-0.2, 0) is 0 Å². The molecule has 3 rings (SSSR count). The second-order valence-corrected chi connectivity index (χ2v) is 7.38. The van der Waals surface area contributed by atoms with Crippen LogP contribution in [0.15, 0.2) is 24.3 Å². The van der Waals surface area contributed by atoms with E-state index in [1.807, 2.05) is 26.8 Å². The summed E-state index contributed by atoms with van der Waals surface area (Å²) in [6.45, 7) is 4.99. The van der Waals surface area contributed by atoms with Crippen LogP contribution in [0, 0.1) is 6.92 Å². The Labute approximate surface area is 174 Å². The number of anilines is 1. The van der Waals surface area contributed by atoms with E-state index in [0.29, 0.717) is 26.2 Å². The van der Waals surface area contributed by atoms with Gasteiger partial charge in [-0.1, -0.05) is 19.9 Å². The minimum atomic E-state index is -3.05. The predicted molar refractivity (Wildman–Crippen MR) is 109 cm³/mol. The molecule has 0 bridgehead atoms. The standard InChI is InChI=1S/C21H26F2N4O3/c1-13(2)19-24-14(3)12-17(25-19)26-8-10-27(11-9-26)20(28)15-6-5-7-16(29-4)18(15)30-21(22)23/h5-7,12-13,21H,8-11H2,1-4H3. The van der Waals surface area contributed by atoms with Gasteiger partial charge in [-0.2, -0.15) is 8.78 Å². The van der Waals surface area contributed by atoms with Gasteiger partial charge in [0.15, 0.2) is 11.5 Å². The first-order valence-electron chi connectivity index (χ1n) is 9.81. The molecule has 7 nitrogen and oxygen atoms in total. The Morgan fingerprint density at radius 3 is 2.43 bits per heavy atom. The number of aryl methyl sites for hydroxylation is 1. The van der Waals surface area contributed by atoms with E-state index in [-0.39, 0.29) is 28.9 Å². The molecule has 1 aliphatic heterocycles. The van der Waals surface area contributed by atoms with Crippen molar-refractivity contribution < 1.29 is 23.0 Å². The van der Waals surface area contributed by atoms with E-state index in [2.05, 4.69) is 19.6 Å². The van der Waals surface area contributed by atoms with Crippen molar-refractivity contribution in [2.24, 2.45) is 0 Å². The predicted octanol–water partition coefficient (Wildman–Crippen LogP) is 3.48. The molecule has 0 radical (unpaired) electrons. The molecule has 0 N–H and O–H groups in total. The molecule has 2 aromatic rings. The quantitative estimate of drug-likeness (QED) is 0.713. The van der Waals surface area contributed by atoms with Gasteiger partial charge in [0.2, 0.25) is 0 Å². The van der Waals surface area contributed by atoms with Gasteiger partial charge in [0.25, 0.3) is 5.91 Å². The maximum absolute atomic E-state index is 13.0. The third kappa shape index (κ3) is 4.77. The van der Waals surface area contributed by atoms with Gasteiger partial charge in [-0.25, -0.2) is 9.97 Å². The molecule has 0 aliphatic carbocycles. The van der Waals surface area contributed by atoms with Crippen LogP contribution in [-0.4, -0.2) is 60.7 Å². The summed E-state index contributed by atoms with van der Waals surface area (Å²) >= 11 is 0. The van der Waals surface area contributed by atoms with Crippen molar-refractivity contribution in [1.82, 2.24) is 14.9 Å². The molecule has 0 unspecified atom stereocenters. The van der Waals surface area contributed by atoms with Gasteiger partial charge in [0.05, 0.1) is 12.7 Å². The molecule has 2 heterocycles. The largest absolute Gasteiger partial charge is 0.493 e. The topological polar surface area (TPSA) is 67.8 Å². The van der Waals surface area contributed by atoms with Crippen molar-refractivity contribution in [2.45, 2.75) is 33.3 Å². The molecule has 1 aromatic carbocycles. The zero-order valence-corrected chi connectivity index (χ0v) is 17.6. The lowest BCUT2D eigenvalue weighted by Crippen LogP contribution is -2.49. The number of amides is 1. The van der Waals surface area contributed by atoms with E-state index in [1.165, 1.54) is 19.2 Å².